The number of nitrogens with one attached hydrogen (secondary N) is 2. The van der Waals surface area contributed by atoms with Crippen molar-refractivity contribution >= 4 is 38.3 Å². The summed E-state index contributed by atoms with van der Waals surface area (Å²) in [5, 5.41) is 12.1. The molecule has 11 rings (SSSR count). The van der Waals surface area contributed by atoms with Crippen LogP contribution in [-0.4, -0.2) is 4.57 Å². The van der Waals surface area contributed by atoms with Crippen molar-refractivity contribution in [2.75, 3.05) is 0 Å². The molecule has 5 nitrogen and oxygen atoms in total. The molecule has 3 heterocycles. The zero-order valence-corrected chi connectivity index (χ0v) is 29.8. The van der Waals surface area contributed by atoms with E-state index < -0.39 is 0 Å². The molecule has 55 heavy (non-hydrogen) atoms. The highest BCUT2D eigenvalue weighted by Gasteiger charge is 2.29. The molecule has 2 aliphatic heterocycles. The van der Waals surface area contributed by atoms with Gasteiger partial charge in [-0.15, -0.1) is 0 Å². The fraction of sp³-hybridized carbons (Fsp3) is 0.0400. The Morgan fingerprint density at radius 1 is 0.473 bits per heavy atom. The van der Waals surface area contributed by atoms with Gasteiger partial charge in [-0.3, -0.25) is 5.32 Å². The quantitative estimate of drug-likeness (QED) is 0.187. The van der Waals surface area contributed by atoms with Gasteiger partial charge >= 0.3 is 0 Å². The van der Waals surface area contributed by atoms with Crippen molar-refractivity contribution in [1.29, 1.82) is 0 Å². The van der Waals surface area contributed by atoms with E-state index in [1.54, 1.807) is 0 Å². The minimum Gasteiger partial charge on any atom is -0.449 e. The minimum atomic E-state index is -0.0473. The highest BCUT2D eigenvalue weighted by molar-refractivity contribution is 6.25. The second kappa shape index (κ2) is 12.8. The van der Waals surface area contributed by atoms with Crippen LogP contribution in [0.25, 0.3) is 55.1 Å². The fourth-order valence-corrected chi connectivity index (χ4v) is 8.35. The summed E-state index contributed by atoms with van der Waals surface area (Å²) in [5.41, 5.74) is 10.0. The smallest absolute Gasteiger partial charge is 0.195 e. The molecule has 8 aromatic carbocycles. The molecule has 2 N–H and O–H groups in total. The summed E-state index contributed by atoms with van der Waals surface area (Å²) in [7, 11) is 0. The summed E-state index contributed by atoms with van der Waals surface area (Å²) in [5.74, 6) is 2.88. The molecule has 0 saturated heterocycles. The van der Waals surface area contributed by atoms with Gasteiger partial charge in [0.15, 0.2) is 23.0 Å². The van der Waals surface area contributed by atoms with Gasteiger partial charge in [0.1, 0.15) is 11.7 Å². The van der Waals surface area contributed by atoms with E-state index in [1.807, 2.05) is 24.3 Å². The Bertz CT molecular complexity index is 2950. The number of aromatic nitrogens is 1. The number of hydrogen-bond acceptors (Lipinski definition) is 4. The van der Waals surface area contributed by atoms with Crippen molar-refractivity contribution in [3.63, 3.8) is 0 Å². The SMILES string of the molecule is C1=C(c2cccc(-c3cccc(-n4c5ccccc5c5c6ccccc6c6c(c54)Oc4ccccc4O6)c3)c2)NC(c2ccccc2)NC1c1ccccc1. The van der Waals surface area contributed by atoms with Crippen LogP contribution in [0.15, 0.2) is 188 Å². The first-order valence-corrected chi connectivity index (χ1v) is 18.7. The maximum absolute atomic E-state index is 6.81. The van der Waals surface area contributed by atoms with Gasteiger partial charge in [-0.25, -0.2) is 0 Å². The molecule has 0 amide bonds. The summed E-state index contributed by atoms with van der Waals surface area (Å²) < 4.78 is 15.8. The largest absolute Gasteiger partial charge is 0.449 e. The number of hydrogen-bond donors (Lipinski definition) is 2. The third-order valence-corrected chi connectivity index (χ3v) is 10.9. The number of para-hydroxylation sites is 3. The molecule has 2 aliphatic rings. The Balaban J connectivity index is 1.06. The zero-order chi connectivity index (χ0) is 36.3. The third-order valence-electron chi connectivity index (χ3n) is 10.9. The first-order valence-electron chi connectivity index (χ1n) is 18.7. The maximum atomic E-state index is 6.81. The standard InChI is InChI=1S/C50H35N3O2/c1-3-15-32(16-4-1)41-31-42(52-50(51-41)33-17-5-2-6-18-33)36-21-13-19-34(29-36)35-20-14-22-37(30-35)53-43-26-10-9-25-40(43)46-38-23-7-8-24-39(38)48-49(47(46)53)55-45-28-12-11-27-44(45)54-48/h1-31,41,50-52H. The Morgan fingerprint density at radius 2 is 1.07 bits per heavy atom. The predicted molar refractivity (Wildman–Crippen MR) is 223 cm³/mol. The number of fused-ring (bicyclic) bond motifs is 9. The van der Waals surface area contributed by atoms with Gasteiger partial charge in [0, 0.05) is 27.5 Å². The van der Waals surface area contributed by atoms with Gasteiger partial charge in [0.25, 0.3) is 0 Å². The van der Waals surface area contributed by atoms with Crippen LogP contribution in [0, 0.1) is 0 Å². The normalized spacial score (nSPS) is 16.1. The third kappa shape index (κ3) is 5.28. The van der Waals surface area contributed by atoms with Crippen molar-refractivity contribution in [2.45, 2.75) is 12.2 Å². The van der Waals surface area contributed by atoms with Crippen molar-refractivity contribution in [1.82, 2.24) is 15.2 Å². The molecule has 0 aliphatic carbocycles. The highest BCUT2D eigenvalue weighted by Crippen LogP contribution is 2.55. The van der Waals surface area contributed by atoms with Crippen LogP contribution >= 0.6 is 0 Å². The molecular formula is C50H35N3O2. The fourth-order valence-electron chi connectivity index (χ4n) is 8.35. The van der Waals surface area contributed by atoms with Gasteiger partial charge in [-0.05, 0) is 75.7 Å². The van der Waals surface area contributed by atoms with Gasteiger partial charge in [0.05, 0.1) is 11.6 Å². The number of rotatable bonds is 5. The molecule has 0 radical (unpaired) electrons. The molecule has 0 bridgehead atoms. The van der Waals surface area contributed by atoms with Gasteiger partial charge in [-0.2, -0.15) is 0 Å². The second-order valence-corrected chi connectivity index (χ2v) is 14.2. The monoisotopic (exact) mass is 709 g/mol. The summed E-state index contributed by atoms with van der Waals surface area (Å²) in [6.07, 6.45) is 2.25. The lowest BCUT2D eigenvalue weighted by Crippen LogP contribution is -2.39. The molecule has 2 unspecified atom stereocenters. The van der Waals surface area contributed by atoms with Crippen LogP contribution in [0.5, 0.6) is 23.0 Å². The maximum Gasteiger partial charge on any atom is 0.195 e. The second-order valence-electron chi connectivity index (χ2n) is 14.2. The van der Waals surface area contributed by atoms with Crippen molar-refractivity contribution in [2.24, 2.45) is 0 Å². The highest BCUT2D eigenvalue weighted by atomic mass is 16.6. The van der Waals surface area contributed by atoms with Crippen LogP contribution in [0.4, 0.5) is 0 Å². The number of ether oxygens (including phenoxy) is 2. The minimum absolute atomic E-state index is 0.0464. The lowest BCUT2D eigenvalue weighted by atomic mass is 9.96. The number of nitrogens with zero attached hydrogens (tertiary/aromatic N) is 1. The van der Waals surface area contributed by atoms with Crippen molar-refractivity contribution < 1.29 is 9.47 Å². The Labute approximate surface area is 318 Å². The Kier molecular flexibility index (Phi) is 7.32. The van der Waals surface area contributed by atoms with E-state index in [-0.39, 0.29) is 12.2 Å². The lowest BCUT2D eigenvalue weighted by molar-refractivity contribution is 0.366. The molecular weight excluding hydrogens is 675 g/mol. The molecule has 262 valence electrons. The lowest BCUT2D eigenvalue weighted by Gasteiger charge is -2.33. The van der Waals surface area contributed by atoms with E-state index in [2.05, 4.69) is 179 Å². The molecule has 0 saturated carbocycles. The van der Waals surface area contributed by atoms with Crippen molar-refractivity contribution in [3.8, 4) is 39.8 Å². The zero-order valence-electron chi connectivity index (χ0n) is 29.8. The van der Waals surface area contributed by atoms with Crippen LogP contribution in [0.1, 0.15) is 28.9 Å². The topological polar surface area (TPSA) is 47.5 Å². The molecule has 0 spiro atoms. The molecule has 2 atom stereocenters. The van der Waals surface area contributed by atoms with E-state index in [4.69, 9.17) is 9.47 Å². The van der Waals surface area contributed by atoms with Gasteiger partial charge in [-0.1, -0.05) is 146 Å². The summed E-state index contributed by atoms with van der Waals surface area (Å²) >= 11 is 0. The van der Waals surface area contributed by atoms with E-state index in [9.17, 15) is 0 Å². The van der Waals surface area contributed by atoms with E-state index in [0.717, 1.165) is 72.2 Å². The first kappa shape index (κ1) is 31.4. The van der Waals surface area contributed by atoms with Crippen molar-refractivity contribution in [3.05, 3.63) is 205 Å². The summed E-state index contributed by atoms with van der Waals surface area (Å²) in [4.78, 5) is 0. The number of benzene rings is 8. The van der Waals surface area contributed by atoms with Crippen LogP contribution in [0.2, 0.25) is 0 Å². The van der Waals surface area contributed by atoms with E-state index in [0.29, 0.717) is 11.5 Å². The molecule has 1 aromatic heterocycles. The first-order chi connectivity index (χ1) is 27.3. The predicted octanol–water partition coefficient (Wildman–Crippen LogP) is 12.5. The van der Waals surface area contributed by atoms with Crippen LogP contribution in [0.3, 0.4) is 0 Å². The van der Waals surface area contributed by atoms with E-state index >= 15 is 0 Å². The average Bonchev–Trinajstić information content (AvgIpc) is 3.62. The van der Waals surface area contributed by atoms with Crippen LogP contribution < -0.4 is 20.1 Å². The van der Waals surface area contributed by atoms with E-state index in [1.165, 1.54) is 11.1 Å². The van der Waals surface area contributed by atoms with Crippen LogP contribution in [-0.2, 0) is 0 Å². The molecule has 5 heteroatoms. The summed E-state index contributed by atoms with van der Waals surface area (Å²) in [6.45, 7) is 0. The Hall–Kier alpha value is -7.08. The van der Waals surface area contributed by atoms with Gasteiger partial charge < -0.3 is 19.4 Å². The molecule has 0 fully saturated rings. The Morgan fingerprint density at radius 3 is 1.85 bits per heavy atom. The average molecular weight is 710 g/mol. The molecule has 9 aromatic rings. The van der Waals surface area contributed by atoms with Gasteiger partial charge in [0.2, 0.25) is 0 Å². The summed E-state index contributed by atoms with van der Waals surface area (Å²) in [6, 6.07) is 63.9.